The molecule has 0 saturated carbocycles. The van der Waals surface area contributed by atoms with Crippen LogP contribution in [-0.4, -0.2) is 26.2 Å². The topological polar surface area (TPSA) is 118 Å². The van der Waals surface area contributed by atoms with Gasteiger partial charge in [-0.1, -0.05) is 13.8 Å². The molecule has 6 N–H and O–H groups in total. The summed E-state index contributed by atoms with van der Waals surface area (Å²) in [5.74, 6) is 0.372. The van der Waals surface area contributed by atoms with Crippen molar-refractivity contribution in [3.8, 4) is 0 Å². The Balaban J connectivity index is 3.06. The van der Waals surface area contributed by atoms with Crippen LogP contribution in [0, 0.1) is 5.92 Å². The molecule has 0 fully saturated rings. The molecule has 108 valence electrons. The zero-order valence-corrected chi connectivity index (χ0v) is 11.9. The first-order valence-corrected chi connectivity index (χ1v) is 7.58. The van der Waals surface area contributed by atoms with E-state index in [1.807, 2.05) is 13.8 Å². The van der Waals surface area contributed by atoms with Crippen LogP contribution in [0.15, 0.2) is 23.1 Å². The average Bonchev–Trinajstić information content (AvgIpc) is 2.28. The fraction of sp³-hybridized carbons (Fsp3) is 0.500. The summed E-state index contributed by atoms with van der Waals surface area (Å²) in [4.78, 5) is -0.0605. The summed E-state index contributed by atoms with van der Waals surface area (Å²) in [5, 5.41) is 17.5. The van der Waals surface area contributed by atoms with Crippen LogP contribution < -0.4 is 16.2 Å². The Bertz CT molecular complexity index is 529. The molecule has 1 aromatic rings. The fourth-order valence-corrected chi connectivity index (χ4v) is 2.60. The molecule has 1 rings (SSSR count). The fourth-order valence-electron chi connectivity index (χ4n) is 1.86. The number of primary sulfonamides is 1. The summed E-state index contributed by atoms with van der Waals surface area (Å²) in [6.45, 7) is 3.95. The van der Waals surface area contributed by atoms with Crippen LogP contribution >= 0.6 is 0 Å². The zero-order chi connectivity index (χ0) is 14.6. The van der Waals surface area contributed by atoms with Gasteiger partial charge >= 0.3 is 0 Å². The van der Waals surface area contributed by atoms with Crippen molar-refractivity contribution < 1.29 is 13.5 Å². The summed E-state index contributed by atoms with van der Waals surface area (Å²) in [7, 11) is -3.86. The molecule has 6 nitrogen and oxygen atoms in total. The van der Waals surface area contributed by atoms with Crippen LogP contribution in [0.4, 0.5) is 11.4 Å². The number of aliphatic hydroxyl groups is 1. The number of nitrogens with two attached hydrogens (primary N) is 2. The van der Waals surface area contributed by atoms with Crippen LogP contribution in [0.5, 0.6) is 0 Å². The first-order valence-electron chi connectivity index (χ1n) is 6.03. The van der Waals surface area contributed by atoms with Crippen molar-refractivity contribution in [2.24, 2.45) is 11.1 Å². The van der Waals surface area contributed by atoms with Crippen LogP contribution in [0.2, 0.25) is 0 Å². The van der Waals surface area contributed by atoms with Gasteiger partial charge in [0, 0.05) is 11.7 Å². The van der Waals surface area contributed by atoms with Crippen LogP contribution in [0.1, 0.15) is 20.3 Å². The lowest BCUT2D eigenvalue weighted by molar-refractivity contribution is 0.259. The maximum atomic E-state index is 11.5. The van der Waals surface area contributed by atoms with Gasteiger partial charge in [-0.15, -0.1) is 0 Å². The first-order chi connectivity index (χ1) is 8.74. The number of benzene rings is 1. The second-order valence-electron chi connectivity index (χ2n) is 4.95. The second kappa shape index (κ2) is 6.23. The lowest BCUT2D eigenvalue weighted by atomic mass is 10.0. The van der Waals surface area contributed by atoms with Gasteiger partial charge in [0.15, 0.2) is 0 Å². The zero-order valence-electron chi connectivity index (χ0n) is 11.1. The van der Waals surface area contributed by atoms with Gasteiger partial charge in [0.05, 0.1) is 12.3 Å². The van der Waals surface area contributed by atoms with Crippen molar-refractivity contribution in [3.63, 3.8) is 0 Å². The maximum absolute atomic E-state index is 11.5. The molecule has 0 amide bonds. The summed E-state index contributed by atoms with van der Waals surface area (Å²) < 4.78 is 23.0. The predicted molar refractivity (Wildman–Crippen MR) is 76.2 cm³/mol. The van der Waals surface area contributed by atoms with E-state index in [2.05, 4.69) is 5.32 Å². The largest absolute Gasteiger partial charge is 0.399 e. The highest BCUT2D eigenvalue weighted by Crippen LogP contribution is 2.24. The van der Waals surface area contributed by atoms with Gasteiger partial charge < -0.3 is 16.2 Å². The molecular formula is C12H21N3O3S. The van der Waals surface area contributed by atoms with E-state index in [1.165, 1.54) is 6.07 Å². The van der Waals surface area contributed by atoms with E-state index in [0.717, 1.165) is 0 Å². The lowest BCUT2D eigenvalue weighted by Gasteiger charge is -2.21. The third-order valence-electron chi connectivity index (χ3n) is 2.65. The summed E-state index contributed by atoms with van der Waals surface area (Å²) >= 11 is 0. The van der Waals surface area contributed by atoms with E-state index in [9.17, 15) is 13.5 Å². The number of nitrogens with one attached hydrogen (secondary N) is 1. The minimum absolute atomic E-state index is 0.0605. The highest BCUT2D eigenvalue weighted by atomic mass is 32.2. The van der Waals surface area contributed by atoms with Crippen molar-refractivity contribution in [2.75, 3.05) is 17.7 Å². The van der Waals surface area contributed by atoms with Gasteiger partial charge in [-0.05, 0) is 30.5 Å². The lowest BCUT2D eigenvalue weighted by Crippen LogP contribution is -2.27. The van der Waals surface area contributed by atoms with E-state index < -0.39 is 10.0 Å². The minimum atomic E-state index is -3.86. The molecule has 0 spiro atoms. The van der Waals surface area contributed by atoms with Gasteiger partial charge in [0.2, 0.25) is 10.0 Å². The number of nitrogen functional groups attached to an aromatic ring is 1. The van der Waals surface area contributed by atoms with E-state index in [-0.39, 0.29) is 17.5 Å². The Morgan fingerprint density at radius 3 is 2.47 bits per heavy atom. The first kappa shape index (κ1) is 15.7. The molecule has 7 heteroatoms. The molecule has 0 heterocycles. The Morgan fingerprint density at radius 1 is 1.37 bits per heavy atom. The standard InChI is InChI=1S/C12H21N3O3S/c1-8(2)5-10(7-16)15-11-4-3-9(13)6-12(11)19(14,17)18/h3-4,6,8,10,15-16H,5,7,13H2,1-2H3,(H2,14,17,18). The third-order valence-corrected chi connectivity index (χ3v) is 3.60. The quantitative estimate of drug-likeness (QED) is 0.575. The van der Waals surface area contributed by atoms with Gasteiger partial charge in [0.1, 0.15) is 4.90 Å². The Labute approximate surface area is 113 Å². The number of rotatable bonds is 6. The van der Waals surface area contributed by atoms with Gasteiger partial charge in [-0.25, -0.2) is 13.6 Å². The average molecular weight is 287 g/mol. The van der Waals surface area contributed by atoms with Crippen molar-refractivity contribution in [2.45, 2.75) is 31.2 Å². The highest BCUT2D eigenvalue weighted by Gasteiger charge is 2.17. The highest BCUT2D eigenvalue weighted by molar-refractivity contribution is 7.89. The molecule has 0 aliphatic carbocycles. The molecular weight excluding hydrogens is 266 g/mol. The molecule has 1 aromatic carbocycles. The van der Waals surface area contributed by atoms with Crippen molar-refractivity contribution >= 4 is 21.4 Å². The summed E-state index contributed by atoms with van der Waals surface area (Å²) in [6.07, 6.45) is 0.713. The van der Waals surface area contributed by atoms with Crippen molar-refractivity contribution in [1.82, 2.24) is 0 Å². The van der Waals surface area contributed by atoms with Gasteiger partial charge in [0.25, 0.3) is 0 Å². The molecule has 0 radical (unpaired) electrons. The van der Waals surface area contributed by atoms with Crippen LogP contribution in [0.3, 0.4) is 0 Å². The Kier molecular flexibility index (Phi) is 5.16. The molecule has 0 saturated heterocycles. The van der Waals surface area contributed by atoms with Crippen LogP contribution in [-0.2, 0) is 10.0 Å². The van der Waals surface area contributed by atoms with Gasteiger partial charge in [-0.2, -0.15) is 0 Å². The van der Waals surface area contributed by atoms with E-state index in [1.54, 1.807) is 12.1 Å². The number of anilines is 2. The smallest absolute Gasteiger partial charge is 0.240 e. The summed E-state index contributed by atoms with van der Waals surface area (Å²) in [5.41, 5.74) is 6.25. The monoisotopic (exact) mass is 287 g/mol. The number of sulfonamides is 1. The Morgan fingerprint density at radius 2 is 2.00 bits per heavy atom. The molecule has 19 heavy (non-hydrogen) atoms. The normalized spacial score (nSPS) is 13.5. The van der Waals surface area contributed by atoms with Gasteiger partial charge in [-0.3, -0.25) is 0 Å². The predicted octanol–water partition coefficient (Wildman–Crippen LogP) is 0.735. The third kappa shape index (κ3) is 4.70. The molecule has 1 atom stereocenters. The molecule has 0 bridgehead atoms. The number of aliphatic hydroxyl groups excluding tert-OH is 1. The SMILES string of the molecule is CC(C)CC(CO)Nc1ccc(N)cc1S(N)(=O)=O. The van der Waals surface area contributed by atoms with E-state index >= 15 is 0 Å². The van der Waals surface area contributed by atoms with Crippen LogP contribution in [0.25, 0.3) is 0 Å². The summed E-state index contributed by atoms with van der Waals surface area (Å²) in [6, 6.07) is 4.21. The molecule has 0 aromatic heterocycles. The second-order valence-corrected chi connectivity index (χ2v) is 6.48. The van der Waals surface area contributed by atoms with Crippen molar-refractivity contribution in [1.29, 1.82) is 0 Å². The number of hydrogen-bond donors (Lipinski definition) is 4. The molecule has 0 aliphatic rings. The van der Waals surface area contributed by atoms with Crippen molar-refractivity contribution in [3.05, 3.63) is 18.2 Å². The molecule has 1 unspecified atom stereocenters. The Hall–Kier alpha value is -1.31. The van der Waals surface area contributed by atoms with E-state index in [4.69, 9.17) is 10.9 Å². The van der Waals surface area contributed by atoms with E-state index in [0.29, 0.717) is 23.7 Å². The number of hydrogen-bond acceptors (Lipinski definition) is 5. The molecule has 0 aliphatic heterocycles. The minimum Gasteiger partial charge on any atom is -0.399 e. The maximum Gasteiger partial charge on any atom is 0.240 e.